The van der Waals surface area contributed by atoms with E-state index >= 15 is 0 Å². The summed E-state index contributed by atoms with van der Waals surface area (Å²) >= 11 is 2.14. The maximum Gasteiger partial charge on any atom is 0.416 e. The summed E-state index contributed by atoms with van der Waals surface area (Å²) in [4.78, 5) is 51.3. The summed E-state index contributed by atoms with van der Waals surface area (Å²) in [6, 6.07) is 19.9. The van der Waals surface area contributed by atoms with Crippen LogP contribution in [0.15, 0.2) is 93.6 Å². The van der Waals surface area contributed by atoms with Gasteiger partial charge in [-0.05, 0) is 97.9 Å². The van der Waals surface area contributed by atoms with Crippen molar-refractivity contribution in [2.24, 2.45) is 0 Å². The highest BCUT2D eigenvalue weighted by molar-refractivity contribution is 8.18. The molecule has 0 bridgehead atoms. The number of hydrogen-bond acceptors (Lipinski definition) is 7. The molecule has 0 unspecified atom stereocenters. The average Bonchev–Trinajstić information content (AvgIpc) is 3.41. The van der Waals surface area contributed by atoms with Crippen LogP contribution in [-0.2, 0) is 15.8 Å². The van der Waals surface area contributed by atoms with Crippen LogP contribution in [-0.4, -0.2) is 38.0 Å². The summed E-state index contributed by atoms with van der Waals surface area (Å²) in [6.07, 6.45) is -3.01. The molecule has 4 aromatic rings. The standard InChI is InChI=1S/C31H23F3N4O5S2/c1-18-14-20(19(2)37(18)23-6-10-25(11-7-23)44-26-12-8-24(9-13-26)38(42)43)15-27-29(40)36(30(41)45-27)17-28(39)35-22-5-3-4-21(16-22)31(32,33)34/h3-16H,17H2,1-2H3,(H,35,39)/b27-15-. The Morgan fingerprint density at radius 1 is 1.00 bits per heavy atom. The highest BCUT2D eigenvalue weighted by atomic mass is 32.2. The van der Waals surface area contributed by atoms with Gasteiger partial charge in [-0.25, -0.2) is 0 Å². The van der Waals surface area contributed by atoms with Gasteiger partial charge in [-0.1, -0.05) is 17.8 Å². The van der Waals surface area contributed by atoms with Gasteiger partial charge in [0.15, 0.2) is 0 Å². The maximum absolute atomic E-state index is 13.1. The number of halogens is 3. The fourth-order valence-electron chi connectivity index (χ4n) is 4.66. The number of nitrogens with one attached hydrogen (secondary N) is 1. The Labute approximate surface area is 263 Å². The van der Waals surface area contributed by atoms with Gasteiger partial charge in [0.05, 0.1) is 15.4 Å². The molecule has 0 spiro atoms. The second kappa shape index (κ2) is 12.7. The third-order valence-corrected chi connectivity index (χ3v) is 8.71. The van der Waals surface area contributed by atoms with Crippen molar-refractivity contribution in [2.75, 3.05) is 11.9 Å². The normalized spacial score (nSPS) is 14.3. The molecule has 0 radical (unpaired) electrons. The van der Waals surface area contributed by atoms with Crippen molar-refractivity contribution in [3.05, 3.63) is 116 Å². The van der Waals surface area contributed by atoms with Crippen molar-refractivity contribution in [3.63, 3.8) is 0 Å². The number of carbonyl (C=O) groups excluding carboxylic acids is 3. The lowest BCUT2D eigenvalue weighted by atomic mass is 10.2. The Bertz CT molecular complexity index is 1850. The van der Waals surface area contributed by atoms with Gasteiger partial charge in [0.1, 0.15) is 6.54 Å². The summed E-state index contributed by atoms with van der Waals surface area (Å²) in [5.74, 6) is -1.49. The first-order valence-electron chi connectivity index (χ1n) is 13.2. The highest BCUT2D eigenvalue weighted by Gasteiger charge is 2.37. The highest BCUT2D eigenvalue weighted by Crippen LogP contribution is 2.35. The largest absolute Gasteiger partial charge is 0.416 e. The van der Waals surface area contributed by atoms with Crippen molar-refractivity contribution < 1.29 is 32.5 Å². The van der Waals surface area contributed by atoms with Gasteiger partial charge < -0.3 is 9.88 Å². The molecule has 5 rings (SSSR count). The fourth-order valence-corrected chi connectivity index (χ4v) is 6.31. The number of nitro groups is 1. The number of aromatic nitrogens is 1. The molecule has 9 nitrogen and oxygen atoms in total. The molecule has 2 heterocycles. The number of amides is 3. The summed E-state index contributed by atoms with van der Waals surface area (Å²) in [5, 5.41) is 12.5. The van der Waals surface area contributed by atoms with Gasteiger partial charge in [-0.15, -0.1) is 0 Å². The Morgan fingerprint density at radius 2 is 1.64 bits per heavy atom. The molecule has 0 aliphatic carbocycles. The van der Waals surface area contributed by atoms with Crippen LogP contribution in [0.1, 0.15) is 22.5 Å². The minimum absolute atomic E-state index is 0.0216. The number of imide groups is 1. The van der Waals surface area contributed by atoms with E-state index in [1.54, 1.807) is 18.2 Å². The second-order valence-corrected chi connectivity index (χ2v) is 12.0. The number of benzene rings is 3. The Balaban J connectivity index is 1.27. The third-order valence-electron chi connectivity index (χ3n) is 6.78. The first kappa shape index (κ1) is 31.6. The predicted molar refractivity (Wildman–Crippen MR) is 165 cm³/mol. The molecule has 3 aromatic carbocycles. The number of anilines is 1. The van der Waals surface area contributed by atoms with Crippen LogP contribution in [0.3, 0.4) is 0 Å². The number of carbonyl (C=O) groups is 3. The number of aryl methyl sites for hydroxylation is 1. The summed E-state index contributed by atoms with van der Waals surface area (Å²) in [5.41, 5.74) is 2.19. The summed E-state index contributed by atoms with van der Waals surface area (Å²) < 4.78 is 41.0. The van der Waals surface area contributed by atoms with Crippen LogP contribution in [0.5, 0.6) is 0 Å². The molecule has 1 aromatic heterocycles. The third kappa shape index (κ3) is 7.13. The van der Waals surface area contributed by atoms with Gasteiger partial charge in [0.2, 0.25) is 5.91 Å². The topological polar surface area (TPSA) is 115 Å². The molecule has 1 N–H and O–H groups in total. The predicted octanol–water partition coefficient (Wildman–Crippen LogP) is 7.85. The van der Waals surface area contributed by atoms with E-state index in [1.807, 2.05) is 48.7 Å². The molecule has 230 valence electrons. The number of thioether (sulfide) groups is 1. The first-order valence-corrected chi connectivity index (χ1v) is 14.9. The zero-order valence-electron chi connectivity index (χ0n) is 23.6. The van der Waals surface area contributed by atoms with Crippen molar-refractivity contribution in [3.8, 4) is 5.69 Å². The van der Waals surface area contributed by atoms with Crippen LogP contribution in [0, 0.1) is 24.0 Å². The van der Waals surface area contributed by atoms with E-state index in [4.69, 9.17) is 0 Å². The van der Waals surface area contributed by atoms with E-state index in [1.165, 1.54) is 30.0 Å². The van der Waals surface area contributed by atoms with E-state index in [0.29, 0.717) is 17.3 Å². The number of hydrogen-bond donors (Lipinski definition) is 1. The molecule has 1 saturated heterocycles. The first-order chi connectivity index (χ1) is 21.3. The lowest BCUT2D eigenvalue weighted by molar-refractivity contribution is -0.384. The molecular weight excluding hydrogens is 629 g/mol. The van der Waals surface area contributed by atoms with Crippen LogP contribution in [0.4, 0.5) is 29.3 Å². The number of nitrogens with zero attached hydrogens (tertiary/aromatic N) is 3. The molecule has 0 atom stereocenters. The Hall–Kier alpha value is -4.82. The van der Waals surface area contributed by atoms with E-state index in [2.05, 4.69) is 5.32 Å². The van der Waals surface area contributed by atoms with Gasteiger partial charge in [0.25, 0.3) is 16.8 Å². The van der Waals surface area contributed by atoms with Gasteiger partial charge in [-0.3, -0.25) is 29.4 Å². The van der Waals surface area contributed by atoms with Crippen LogP contribution in [0.25, 0.3) is 11.8 Å². The van der Waals surface area contributed by atoms with E-state index in [0.717, 1.165) is 50.0 Å². The number of nitro benzene ring substituents is 1. The Morgan fingerprint density at radius 3 is 2.27 bits per heavy atom. The summed E-state index contributed by atoms with van der Waals surface area (Å²) in [6.45, 7) is 3.11. The minimum atomic E-state index is -4.59. The van der Waals surface area contributed by atoms with E-state index in [9.17, 15) is 37.7 Å². The molecule has 1 aliphatic rings. The smallest absolute Gasteiger partial charge is 0.325 e. The molecule has 1 aliphatic heterocycles. The second-order valence-electron chi connectivity index (χ2n) is 9.90. The van der Waals surface area contributed by atoms with Crippen molar-refractivity contribution in [2.45, 2.75) is 29.8 Å². The molecule has 1 fully saturated rings. The number of non-ortho nitro benzene ring substituents is 1. The van der Waals surface area contributed by atoms with Crippen molar-refractivity contribution in [1.29, 1.82) is 0 Å². The van der Waals surface area contributed by atoms with Crippen molar-refractivity contribution in [1.82, 2.24) is 9.47 Å². The van der Waals surface area contributed by atoms with Crippen molar-refractivity contribution >= 4 is 58.0 Å². The molecular formula is C31H23F3N4O5S2. The zero-order valence-corrected chi connectivity index (χ0v) is 25.3. The zero-order chi connectivity index (χ0) is 32.5. The van der Waals surface area contributed by atoms with E-state index in [-0.39, 0.29) is 16.3 Å². The molecule has 0 saturated carbocycles. The fraction of sp³-hybridized carbons (Fsp3) is 0.129. The van der Waals surface area contributed by atoms with Gasteiger partial charge in [0, 0.05) is 44.7 Å². The van der Waals surface area contributed by atoms with Gasteiger partial charge >= 0.3 is 6.18 Å². The quantitative estimate of drug-likeness (QED) is 0.117. The van der Waals surface area contributed by atoms with E-state index < -0.39 is 40.3 Å². The lowest BCUT2D eigenvalue weighted by Gasteiger charge is -2.13. The molecule has 3 amide bonds. The number of alkyl halides is 3. The van der Waals surface area contributed by atoms with Crippen LogP contribution in [0.2, 0.25) is 0 Å². The molecule has 14 heteroatoms. The monoisotopic (exact) mass is 652 g/mol. The van der Waals surface area contributed by atoms with Crippen LogP contribution < -0.4 is 5.32 Å². The minimum Gasteiger partial charge on any atom is -0.325 e. The maximum atomic E-state index is 13.1. The Kier molecular flexibility index (Phi) is 8.89. The average molecular weight is 653 g/mol. The summed E-state index contributed by atoms with van der Waals surface area (Å²) in [7, 11) is 0. The molecule has 45 heavy (non-hydrogen) atoms. The van der Waals surface area contributed by atoms with Crippen LogP contribution >= 0.6 is 23.5 Å². The SMILES string of the molecule is Cc1cc(/C=C2\SC(=O)N(CC(=O)Nc3cccc(C(F)(F)F)c3)C2=O)c(C)n1-c1ccc(Sc2ccc([N+](=O)[O-])cc2)cc1. The van der Waals surface area contributed by atoms with Gasteiger partial charge in [-0.2, -0.15) is 13.2 Å². The number of rotatable bonds is 8. The lowest BCUT2D eigenvalue weighted by Crippen LogP contribution is -2.36.